The summed E-state index contributed by atoms with van der Waals surface area (Å²) in [7, 11) is 0. The smallest absolute Gasteiger partial charge is 0.273 e. The van der Waals surface area contributed by atoms with Gasteiger partial charge in [0.25, 0.3) is 17.5 Å². The van der Waals surface area contributed by atoms with Gasteiger partial charge < -0.3 is 0 Å². The molecular weight excluding hydrogens is 338 g/mol. The molecule has 1 aliphatic heterocycles. The molecule has 1 aliphatic carbocycles. The van der Waals surface area contributed by atoms with Gasteiger partial charge in [0.1, 0.15) is 5.57 Å². The van der Waals surface area contributed by atoms with Gasteiger partial charge in [-0.25, -0.2) is 4.79 Å². The lowest BCUT2D eigenvalue weighted by atomic mass is 10.1. The molecule has 1 heterocycles. The summed E-state index contributed by atoms with van der Waals surface area (Å²) < 4.78 is 0. The van der Waals surface area contributed by atoms with Crippen molar-refractivity contribution in [1.29, 1.82) is 0 Å². The molecule has 0 unspecified atom stereocenters. The van der Waals surface area contributed by atoms with Gasteiger partial charge in [-0.15, -0.1) is 0 Å². The fraction of sp³-hybridized carbons (Fsp3) is 0.278. The Morgan fingerprint density at radius 1 is 1.15 bits per heavy atom. The standard InChI is InChI=1S/C18H17N3O5/c22-16-14(10-5-7-12-6-1-4-11-15(12)21(25)26)17(23)20(18(24)19-16)13-8-2-3-9-13/h1,4-7,10-11,13H,2-3,8-9H2,(H,19,22,24)/b7-5+,14-10+. The van der Waals surface area contributed by atoms with Crippen LogP contribution < -0.4 is 5.32 Å². The number of urea groups is 1. The Kier molecular flexibility index (Phi) is 4.92. The van der Waals surface area contributed by atoms with Crippen LogP contribution in [0.25, 0.3) is 6.08 Å². The average molecular weight is 355 g/mol. The first-order valence-corrected chi connectivity index (χ1v) is 8.29. The number of para-hydroxylation sites is 1. The van der Waals surface area contributed by atoms with Gasteiger partial charge in [-0.2, -0.15) is 0 Å². The van der Waals surface area contributed by atoms with Crippen molar-refractivity contribution in [1.82, 2.24) is 10.2 Å². The Morgan fingerprint density at radius 2 is 1.85 bits per heavy atom. The van der Waals surface area contributed by atoms with Crippen LogP contribution >= 0.6 is 0 Å². The number of benzene rings is 1. The number of amides is 4. The van der Waals surface area contributed by atoms with Crippen molar-refractivity contribution in [3.63, 3.8) is 0 Å². The Morgan fingerprint density at radius 3 is 2.54 bits per heavy atom. The number of hydrogen-bond donors (Lipinski definition) is 1. The molecule has 2 fully saturated rings. The molecule has 0 aromatic heterocycles. The number of allylic oxidation sites excluding steroid dienone is 2. The van der Waals surface area contributed by atoms with Crippen LogP contribution in [0.4, 0.5) is 10.5 Å². The third-order valence-electron chi connectivity index (χ3n) is 4.50. The second kappa shape index (κ2) is 7.30. The number of nitro benzene ring substituents is 1. The first-order valence-electron chi connectivity index (χ1n) is 8.29. The molecule has 1 aromatic carbocycles. The second-order valence-electron chi connectivity index (χ2n) is 6.13. The molecule has 3 rings (SSSR count). The summed E-state index contributed by atoms with van der Waals surface area (Å²) >= 11 is 0. The Bertz CT molecular complexity index is 837. The lowest BCUT2D eigenvalue weighted by molar-refractivity contribution is -0.385. The number of imide groups is 2. The number of nitrogens with zero attached hydrogens (tertiary/aromatic N) is 2. The van der Waals surface area contributed by atoms with Crippen molar-refractivity contribution in [2.45, 2.75) is 31.7 Å². The number of rotatable bonds is 4. The fourth-order valence-electron chi connectivity index (χ4n) is 3.23. The summed E-state index contributed by atoms with van der Waals surface area (Å²) in [6.45, 7) is 0. The number of barbiturate groups is 1. The maximum absolute atomic E-state index is 12.6. The highest BCUT2D eigenvalue weighted by atomic mass is 16.6. The first-order chi connectivity index (χ1) is 12.5. The molecule has 134 valence electrons. The van der Waals surface area contributed by atoms with Crippen LogP contribution in [0.3, 0.4) is 0 Å². The van der Waals surface area contributed by atoms with E-state index < -0.39 is 22.8 Å². The largest absolute Gasteiger partial charge is 0.331 e. The van der Waals surface area contributed by atoms with Gasteiger partial charge in [-0.1, -0.05) is 31.1 Å². The zero-order chi connectivity index (χ0) is 18.7. The predicted molar refractivity (Wildman–Crippen MR) is 92.9 cm³/mol. The molecular formula is C18H17N3O5. The van der Waals surface area contributed by atoms with E-state index in [1.165, 1.54) is 24.3 Å². The van der Waals surface area contributed by atoms with Crippen molar-refractivity contribution in [2.24, 2.45) is 0 Å². The van der Waals surface area contributed by atoms with Crippen LogP contribution in [0, 0.1) is 10.1 Å². The third kappa shape index (κ3) is 3.39. The van der Waals surface area contributed by atoms with Crippen molar-refractivity contribution in [3.8, 4) is 0 Å². The summed E-state index contributed by atoms with van der Waals surface area (Å²) in [5.74, 6) is -1.39. The molecule has 0 atom stereocenters. The normalized spacial score (nSPS) is 20.2. The maximum Gasteiger partial charge on any atom is 0.331 e. The molecule has 1 N–H and O–H groups in total. The molecule has 0 radical (unpaired) electrons. The third-order valence-corrected chi connectivity index (χ3v) is 4.50. The molecule has 0 bridgehead atoms. The quantitative estimate of drug-likeness (QED) is 0.386. The number of nitrogens with one attached hydrogen (secondary N) is 1. The molecule has 4 amide bonds. The minimum atomic E-state index is -0.763. The van der Waals surface area contributed by atoms with Crippen molar-refractivity contribution >= 4 is 29.6 Å². The van der Waals surface area contributed by atoms with Gasteiger partial charge in [0.05, 0.1) is 10.5 Å². The molecule has 0 spiro atoms. The average Bonchev–Trinajstić information content (AvgIpc) is 3.12. The van der Waals surface area contributed by atoms with E-state index in [-0.39, 0.29) is 17.3 Å². The van der Waals surface area contributed by atoms with E-state index in [2.05, 4.69) is 5.32 Å². The monoisotopic (exact) mass is 355 g/mol. The van der Waals surface area contributed by atoms with Crippen molar-refractivity contribution < 1.29 is 19.3 Å². The van der Waals surface area contributed by atoms with Gasteiger partial charge in [-0.3, -0.25) is 29.9 Å². The number of nitro groups is 1. The molecule has 1 saturated heterocycles. The highest BCUT2D eigenvalue weighted by Gasteiger charge is 2.40. The molecule has 2 aliphatic rings. The van der Waals surface area contributed by atoms with Crippen LogP contribution in [-0.4, -0.2) is 33.7 Å². The minimum absolute atomic E-state index is 0.0793. The second-order valence-corrected chi connectivity index (χ2v) is 6.13. The summed E-state index contributed by atoms with van der Waals surface area (Å²) in [6.07, 6.45) is 7.46. The SMILES string of the molecule is O=C1NC(=O)N(C2CCCC2)C(=O)/C1=C/C=C/c1ccccc1[N+](=O)[O-]. The van der Waals surface area contributed by atoms with Gasteiger partial charge in [0.2, 0.25) is 0 Å². The number of hydrogen-bond acceptors (Lipinski definition) is 5. The van der Waals surface area contributed by atoms with Gasteiger partial charge >= 0.3 is 6.03 Å². The van der Waals surface area contributed by atoms with Crippen LogP contribution in [-0.2, 0) is 9.59 Å². The van der Waals surface area contributed by atoms with Crippen LogP contribution in [0.5, 0.6) is 0 Å². The first kappa shape index (κ1) is 17.5. The fourth-order valence-corrected chi connectivity index (χ4v) is 3.23. The molecule has 8 nitrogen and oxygen atoms in total. The Balaban J connectivity index is 1.85. The highest BCUT2D eigenvalue weighted by Crippen LogP contribution is 2.26. The van der Waals surface area contributed by atoms with E-state index in [9.17, 15) is 24.5 Å². The lowest BCUT2D eigenvalue weighted by Gasteiger charge is -2.30. The summed E-state index contributed by atoms with van der Waals surface area (Å²) in [4.78, 5) is 48.2. The summed E-state index contributed by atoms with van der Waals surface area (Å²) in [6, 6.07) is 5.25. The zero-order valence-electron chi connectivity index (χ0n) is 13.9. The lowest BCUT2D eigenvalue weighted by Crippen LogP contribution is -2.57. The van der Waals surface area contributed by atoms with Gasteiger partial charge in [0.15, 0.2) is 0 Å². The zero-order valence-corrected chi connectivity index (χ0v) is 13.9. The van der Waals surface area contributed by atoms with Crippen LogP contribution in [0.15, 0.2) is 42.0 Å². The van der Waals surface area contributed by atoms with Gasteiger partial charge in [0, 0.05) is 12.1 Å². The maximum atomic E-state index is 12.6. The summed E-state index contributed by atoms with van der Waals surface area (Å²) in [5.41, 5.74) is 0.109. The summed E-state index contributed by atoms with van der Waals surface area (Å²) in [5, 5.41) is 13.2. The van der Waals surface area contributed by atoms with Crippen LogP contribution in [0.1, 0.15) is 31.2 Å². The molecule has 1 aromatic rings. The number of carbonyl (C=O) groups excluding carboxylic acids is 3. The van der Waals surface area contributed by atoms with Crippen molar-refractivity contribution in [2.75, 3.05) is 0 Å². The van der Waals surface area contributed by atoms with E-state index in [4.69, 9.17) is 0 Å². The van der Waals surface area contributed by atoms with Crippen LogP contribution in [0.2, 0.25) is 0 Å². The van der Waals surface area contributed by atoms with E-state index in [1.807, 2.05) is 0 Å². The minimum Gasteiger partial charge on any atom is -0.273 e. The predicted octanol–water partition coefficient (Wildman–Crippen LogP) is 2.56. The molecule has 1 saturated carbocycles. The molecule has 8 heteroatoms. The van der Waals surface area contributed by atoms with Gasteiger partial charge in [-0.05, 0) is 31.1 Å². The topological polar surface area (TPSA) is 110 Å². The Labute approximate surface area is 149 Å². The van der Waals surface area contributed by atoms with E-state index in [0.29, 0.717) is 5.56 Å². The van der Waals surface area contributed by atoms with E-state index >= 15 is 0 Å². The molecule has 26 heavy (non-hydrogen) atoms. The van der Waals surface area contributed by atoms with Crippen molar-refractivity contribution in [3.05, 3.63) is 57.7 Å². The van der Waals surface area contributed by atoms with E-state index in [1.54, 1.807) is 18.2 Å². The number of carbonyl (C=O) groups is 3. The Hall–Kier alpha value is -3.29. The highest BCUT2D eigenvalue weighted by molar-refractivity contribution is 6.29. The van der Waals surface area contributed by atoms with E-state index in [0.717, 1.165) is 30.6 Å².